The van der Waals surface area contributed by atoms with Crippen molar-refractivity contribution in [1.29, 1.82) is 0 Å². The van der Waals surface area contributed by atoms with Gasteiger partial charge in [-0.2, -0.15) is 0 Å². The molecule has 110 valence electrons. The Morgan fingerprint density at radius 2 is 1.95 bits per heavy atom. The van der Waals surface area contributed by atoms with Gasteiger partial charge in [-0.1, -0.05) is 44.3 Å². The third-order valence-corrected chi connectivity index (χ3v) is 4.90. The molecule has 19 heavy (non-hydrogen) atoms. The van der Waals surface area contributed by atoms with E-state index in [1.54, 1.807) is 0 Å². The van der Waals surface area contributed by atoms with Gasteiger partial charge in [0, 0.05) is 12.1 Å². The maximum Gasteiger partial charge on any atom is 0.0587 e. The molecular weight excluding hydrogens is 234 g/mol. The molecule has 0 saturated heterocycles. The predicted molar refractivity (Wildman–Crippen MR) is 81.1 cm³/mol. The average Bonchev–Trinajstić information content (AvgIpc) is 2.63. The normalized spacial score (nSPS) is 31.6. The van der Waals surface area contributed by atoms with Crippen molar-refractivity contribution in [3.05, 3.63) is 11.6 Å². The van der Waals surface area contributed by atoms with E-state index in [9.17, 15) is 5.11 Å². The lowest BCUT2D eigenvalue weighted by molar-refractivity contribution is 0.166. The second-order valence-electron chi connectivity index (χ2n) is 6.83. The monoisotopic (exact) mass is 265 g/mol. The van der Waals surface area contributed by atoms with Crippen molar-refractivity contribution < 1.29 is 5.11 Å². The van der Waals surface area contributed by atoms with Crippen molar-refractivity contribution in [1.82, 2.24) is 5.32 Å². The molecule has 2 rings (SSSR count). The van der Waals surface area contributed by atoms with Gasteiger partial charge in [0.2, 0.25) is 0 Å². The molecule has 2 aliphatic carbocycles. The van der Waals surface area contributed by atoms with Crippen molar-refractivity contribution in [3.8, 4) is 0 Å². The van der Waals surface area contributed by atoms with Crippen molar-refractivity contribution in [2.45, 2.75) is 77.3 Å². The smallest absolute Gasteiger partial charge is 0.0587 e. The number of nitrogens with one attached hydrogen (secondary N) is 1. The number of allylic oxidation sites excluding steroid dienone is 2. The quantitative estimate of drug-likeness (QED) is 0.600. The van der Waals surface area contributed by atoms with Gasteiger partial charge >= 0.3 is 0 Å². The van der Waals surface area contributed by atoms with Gasteiger partial charge in [-0.25, -0.2) is 0 Å². The number of aliphatic hydroxyl groups excluding tert-OH is 1. The maximum absolute atomic E-state index is 9.77. The fraction of sp³-hybridized carbons (Fsp3) is 0.882. The highest BCUT2D eigenvalue weighted by Crippen LogP contribution is 2.31. The molecule has 0 spiro atoms. The van der Waals surface area contributed by atoms with Crippen LogP contribution in [0.25, 0.3) is 0 Å². The first-order valence-corrected chi connectivity index (χ1v) is 8.23. The van der Waals surface area contributed by atoms with Crippen molar-refractivity contribution in [2.75, 3.05) is 6.61 Å². The van der Waals surface area contributed by atoms with Gasteiger partial charge in [0.05, 0.1) is 6.61 Å². The average molecular weight is 265 g/mol. The third-order valence-electron chi connectivity index (χ3n) is 4.90. The van der Waals surface area contributed by atoms with Gasteiger partial charge in [0.1, 0.15) is 0 Å². The molecule has 0 aromatic heterocycles. The summed E-state index contributed by atoms with van der Waals surface area (Å²) in [7, 11) is 0. The van der Waals surface area contributed by atoms with E-state index in [0.717, 1.165) is 6.42 Å². The summed E-state index contributed by atoms with van der Waals surface area (Å²) in [6.07, 6.45) is 12.9. The summed E-state index contributed by atoms with van der Waals surface area (Å²) in [5.41, 5.74) is 1.50. The molecule has 0 amide bonds. The van der Waals surface area contributed by atoms with Gasteiger partial charge in [-0.3, -0.25) is 0 Å². The van der Waals surface area contributed by atoms with Gasteiger partial charge in [-0.15, -0.1) is 0 Å². The second-order valence-corrected chi connectivity index (χ2v) is 6.83. The van der Waals surface area contributed by atoms with Crippen LogP contribution < -0.4 is 5.32 Å². The molecule has 2 heteroatoms. The Morgan fingerprint density at radius 3 is 2.53 bits per heavy atom. The van der Waals surface area contributed by atoms with Crippen LogP contribution in [-0.4, -0.2) is 23.8 Å². The maximum atomic E-state index is 9.77. The van der Waals surface area contributed by atoms with Crippen molar-refractivity contribution >= 4 is 0 Å². The molecular formula is C17H31NO. The van der Waals surface area contributed by atoms with Crippen LogP contribution in [0.2, 0.25) is 0 Å². The molecule has 0 radical (unpaired) electrons. The fourth-order valence-electron chi connectivity index (χ4n) is 3.99. The zero-order chi connectivity index (χ0) is 13.7. The largest absolute Gasteiger partial charge is 0.395 e. The van der Waals surface area contributed by atoms with Crippen LogP contribution in [-0.2, 0) is 0 Å². The van der Waals surface area contributed by atoms with E-state index in [0.29, 0.717) is 30.5 Å². The highest BCUT2D eigenvalue weighted by molar-refractivity contribution is 5.08. The molecule has 0 aliphatic heterocycles. The summed E-state index contributed by atoms with van der Waals surface area (Å²) in [6, 6.07) is 0.940. The van der Waals surface area contributed by atoms with Crippen LogP contribution in [0.1, 0.15) is 65.2 Å². The van der Waals surface area contributed by atoms with Gasteiger partial charge in [0.15, 0.2) is 0 Å². The number of hydrogen-bond acceptors (Lipinski definition) is 2. The first kappa shape index (κ1) is 15.1. The lowest BCUT2D eigenvalue weighted by Crippen LogP contribution is -2.46. The standard InChI is InChI=1S/C17H31NO/c1-13-9-14(2)11-15(10-13)17(12-19)18-16-7-5-3-4-6-8-16/h9,13,15-19H,3-8,10-12H2,1-2H3. The van der Waals surface area contributed by atoms with Gasteiger partial charge in [-0.05, 0) is 44.4 Å². The molecule has 0 aromatic carbocycles. The van der Waals surface area contributed by atoms with E-state index in [4.69, 9.17) is 0 Å². The summed E-state index contributed by atoms with van der Waals surface area (Å²) >= 11 is 0. The molecule has 0 bridgehead atoms. The van der Waals surface area contributed by atoms with Crippen LogP contribution in [0.3, 0.4) is 0 Å². The molecule has 2 N–H and O–H groups in total. The van der Waals surface area contributed by atoms with E-state index in [-0.39, 0.29) is 0 Å². The Morgan fingerprint density at radius 1 is 1.26 bits per heavy atom. The molecule has 0 aromatic rings. The molecule has 2 nitrogen and oxygen atoms in total. The van der Waals surface area contributed by atoms with Crippen LogP contribution in [0.15, 0.2) is 11.6 Å². The summed E-state index contributed by atoms with van der Waals surface area (Å²) in [5.74, 6) is 1.29. The predicted octanol–water partition coefficient (Wildman–Crippen LogP) is 3.65. The van der Waals surface area contributed by atoms with E-state index >= 15 is 0 Å². The number of rotatable bonds is 4. The van der Waals surface area contributed by atoms with Crippen molar-refractivity contribution in [2.24, 2.45) is 11.8 Å². The number of hydrogen-bond donors (Lipinski definition) is 2. The third kappa shape index (κ3) is 4.61. The molecule has 3 unspecified atom stereocenters. The Kier molecular flexibility index (Phi) is 5.90. The highest BCUT2D eigenvalue weighted by Gasteiger charge is 2.27. The minimum atomic E-state index is 0.293. The first-order chi connectivity index (χ1) is 9.19. The Hall–Kier alpha value is -0.340. The molecule has 0 heterocycles. The molecule has 1 saturated carbocycles. The summed E-state index contributed by atoms with van der Waals surface area (Å²) in [5, 5.41) is 13.5. The van der Waals surface area contributed by atoms with E-state index in [1.807, 2.05) is 0 Å². The Balaban J connectivity index is 1.90. The summed E-state index contributed by atoms with van der Waals surface area (Å²) in [6.45, 7) is 4.83. The topological polar surface area (TPSA) is 32.3 Å². The SMILES string of the molecule is CC1=CC(C)CC(C(CO)NC2CCCCCC2)C1. The Labute approximate surface area is 118 Å². The lowest BCUT2D eigenvalue weighted by atomic mass is 9.79. The minimum absolute atomic E-state index is 0.293. The van der Waals surface area contributed by atoms with Crippen LogP contribution >= 0.6 is 0 Å². The molecule has 2 aliphatic rings. The summed E-state index contributed by atoms with van der Waals surface area (Å²) < 4.78 is 0. The minimum Gasteiger partial charge on any atom is -0.395 e. The number of aliphatic hydroxyl groups is 1. The van der Waals surface area contributed by atoms with E-state index in [2.05, 4.69) is 25.2 Å². The first-order valence-electron chi connectivity index (χ1n) is 8.23. The van der Waals surface area contributed by atoms with E-state index in [1.165, 1.54) is 50.5 Å². The Bertz CT molecular complexity index is 292. The van der Waals surface area contributed by atoms with Crippen molar-refractivity contribution in [3.63, 3.8) is 0 Å². The summed E-state index contributed by atoms with van der Waals surface area (Å²) in [4.78, 5) is 0. The zero-order valence-corrected chi connectivity index (χ0v) is 12.7. The highest BCUT2D eigenvalue weighted by atomic mass is 16.3. The van der Waals surface area contributed by atoms with Crippen LogP contribution in [0, 0.1) is 11.8 Å². The van der Waals surface area contributed by atoms with Gasteiger partial charge in [0.25, 0.3) is 0 Å². The lowest BCUT2D eigenvalue weighted by Gasteiger charge is -2.34. The molecule has 1 fully saturated rings. The zero-order valence-electron chi connectivity index (χ0n) is 12.7. The van der Waals surface area contributed by atoms with Crippen LogP contribution in [0.5, 0.6) is 0 Å². The van der Waals surface area contributed by atoms with E-state index < -0.39 is 0 Å². The second kappa shape index (κ2) is 7.44. The van der Waals surface area contributed by atoms with Gasteiger partial charge < -0.3 is 10.4 Å². The fourth-order valence-corrected chi connectivity index (χ4v) is 3.99. The van der Waals surface area contributed by atoms with Crippen LogP contribution in [0.4, 0.5) is 0 Å². The molecule has 3 atom stereocenters.